The summed E-state index contributed by atoms with van der Waals surface area (Å²) in [5.74, 6) is -0.300. The molecule has 0 unspecified atom stereocenters. The van der Waals surface area contributed by atoms with Crippen LogP contribution in [0.1, 0.15) is 5.56 Å². The molecule has 0 aliphatic carbocycles. The molecule has 0 aliphatic heterocycles. The van der Waals surface area contributed by atoms with Crippen LogP contribution < -0.4 is 10.8 Å². The van der Waals surface area contributed by atoms with E-state index in [9.17, 15) is 4.39 Å². The molecule has 0 aliphatic rings. The Morgan fingerprint density at radius 1 is 1.46 bits per heavy atom. The molecule has 2 N–H and O–H groups in total. The van der Waals surface area contributed by atoms with Crippen molar-refractivity contribution in [2.75, 3.05) is 25.0 Å². The molecule has 0 aromatic heterocycles. The Morgan fingerprint density at radius 3 is 2.62 bits per heavy atom. The van der Waals surface area contributed by atoms with Crippen molar-refractivity contribution in [2.24, 2.45) is 0 Å². The summed E-state index contributed by atoms with van der Waals surface area (Å²) < 4.78 is 13.0. The van der Waals surface area contributed by atoms with Gasteiger partial charge >= 0.3 is 0 Å². The molecule has 1 rings (SSSR count). The maximum absolute atomic E-state index is 13.0. The number of nitrogens with zero attached hydrogens (tertiary/aromatic N) is 1. The van der Waals surface area contributed by atoms with Gasteiger partial charge in [-0.15, -0.1) is 0 Å². The number of benzene rings is 1. The fraction of sp³-hybridized carbons (Fsp3) is 0.333. The number of halogens is 1. The number of nitrogen functional groups attached to an aromatic ring is 1. The second kappa shape index (κ2) is 3.62. The van der Waals surface area contributed by atoms with Gasteiger partial charge in [0.05, 0.1) is 18.5 Å². The number of nitrogens with two attached hydrogens (primary N) is 1. The minimum Gasteiger partial charge on any atom is -0.397 e. The molecule has 0 atom stereocenters. The summed E-state index contributed by atoms with van der Waals surface area (Å²) in [5.41, 5.74) is 7.19. The minimum atomic E-state index is -0.300. The smallest absolute Gasteiger partial charge is 0.128 e. The van der Waals surface area contributed by atoms with Crippen molar-refractivity contribution >= 4 is 11.4 Å². The zero-order valence-corrected chi connectivity index (χ0v) is 7.97. The molecule has 0 radical (unpaired) electrons. The van der Waals surface area contributed by atoms with E-state index >= 15 is 0 Å². The molecule has 4 heteroatoms. The van der Waals surface area contributed by atoms with Gasteiger partial charge in [-0.25, -0.2) is 4.39 Å². The molecule has 1 aromatic carbocycles. The van der Waals surface area contributed by atoms with E-state index in [1.54, 1.807) is 20.0 Å². The van der Waals surface area contributed by atoms with Crippen LogP contribution in [-0.4, -0.2) is 14.2 Å². The van der Waals surface area contributed by atoms with Crippen LogP contribution in [0.25, 0.3) is 0 Å². The zero-order chi connectivity index (χ0) is 10.0. The summed E-state index contributed by atoms with van der Waals surface area (Å²) in [7, 11) is 3.24. The van der Waals surface area contributed by atoms with Crippen molar-refractivity contribution in [3.05, 3.63) is 23.5 Å². The van der Waals surface area contributed by atoms with Crippen molar-refractivity contribution in [1.82, 2.24) is 0 Å². The standard InChI is InChI=1S/C9H13FN2O/c1-6-4-9(12(2)13-3)8(11)5-7(6)10/h4-5H,11H2,1-3H3. The summed E-state index contributed by atoms with van der Waals surface area (Å²) >= 11 is 0. The van der Waals surface area contributed by atoms with Gasteiger partial charge in [0, 0.05) is 7.05 Å². The van der Waals surface area contributed by atoms with Crippen molar-refractivity contribution in [2.45, 2.75) is 6.92 Å². The third kappa shape index (κ3) is 1.89. The predicted molar refractivity (Wildman–Crippen MR) is 51.0 cm³/mol. The van der Waals surface area contributed by atoms with E-state index in [1.165, 1.54) is 18.2 Å². The quantitative estimate of drug-likeness (QED) is 0.561. The SMILES string of the molecule is CON(C)c1cc(C)c(F)cc1N. The lowest BCUT2D eigenvalue weighted by Gasteiger charge is -2.18. The Kier molecular flexibility index (Phi) is 2.72. The van der Waals surface area contributed by atoms with Crippen LogP contribution >= 0.6 is 0 Å². The summed E-state index contributed by atoms with van der Waals surface area (Å²) in [6.07, 6.45) is 0. The molecule has 0 heterocycles. The summed E-state index contributed by atoms with van der Waals surface area (Å²) in [6, 6.07) is 2.94. The molecular formula is C9H13FN2O. The van der Waals surface area contributed by atoms with Crippen molar-refractivity contribution < 1.29 is 9.23 Å². The Labute approximate surface area is 76.9 Å². The highest BCUT2D eigenvalue weighted by molar-refractivity contribution is 5.67. The molecule has 1 aromatic rings. The van der Waals surface area contributed by atoms with Crippen LogP contribution in [0, 0.1) is 12.7 Å². The second-order valence-corrected chi connectivity index (χ2v) is 2.84. The predicted octanol–water partition coefficient (Wildman–Crippen LogP) is 1.71. The van der Waals surface area contributed by atoms with Crippen LogP contribution in [0.2, 0.25) is 0 Å². The maximum Gasteiger partial charge on any atom is 0.128 e. The van der Waals surface area contributed by atoms with Crippen LogP contribution in [0.5, 0.6) is 0 Å². The highest BCUT2D eigenvalue weighted by atomic mass is 19.1. The Morgan fingerprint density at radius 2 is 2.08 bits per heavy atom. The molecular weight excluding hydrogens is 171 g/mol. The van der Waals surface area contributed by atoms with Crippen LogP contribution in [0.4, 0.5) is 15.8 Å². The van der Waals surface area contributed by atoms with Gasteiger partial charge in [0.25, 0.3) is 0 Å². The average molecular weight is 184 g/mol. The Balaban J connectivity index is 3.15. The topological polar surface area (TPSA) is 38.5 Å². The van der Waals surface area contributed by atoms with Crippen molar-refractivity contribution in [3.8, 4) is 0 Å². The first kappa shape index (κ1) is 9.80. The second-order valence-electron chi connectivity index (χ2n) is 2.84. The number of hydrogen-bond donors (Lipinski definition) is 1. The van der Waals surface area contributed by atoms with E-state index in [2.05, 4.69) is 0 Å². The van der Waals surface area contributed by atoms with Gasteiger partial charge < -0.3 is 5.73 Å². The molecule has 72 valence electrons. The van der Waals surface area contributed by atoms with Gasteiger partial charge in [0.2, 0.25) is 0 Å². The Bertz CT molecular complexity index is 315. The van der Waals surface area contributed by atoms with Gasteiger partial charge in [0.1, 0.15) is 5.82 Å². The van der Waals surface area contributed by atoms with Gasteiger partial charge in [0.15, 0.2) is 0 Å². The number of aryl methyl sites for hydroxylation is 1. The lowest BCUT2D eigenvalue weighted by Crippen LogP contribution is -2.16. The van der Waals surface area contributed by atoms with Crippen LogP contribution in [0.3, 0.4) is 0 Å². The zero-order valence-electron chi connectivity index (χ0n) is 7.97. The number of hydroxylamine groups is 1. The molecule has 0 bridgehead atoms. The molecule has 0 saturated carbocycles. The monoisotopic (exact) mass is 184 g/mol. The van der Waals surface area contributed by atoms with Crippen LogP contribution in [0.15, 0.2) is 12.1 Å². The van der Waals surface area contributed by atoms with Gasteiger partial charge in [-0.1, -0.05) is 0 Å². The largest absolute Gasteiger partial charge is 0.397 e. The van der Waals surface area contributed by atoms with E-state index in [1.807, 2.05) is 0 Å². The van der Waals surface area contributed by atoms with E-state index in [0.717, 1.165) is 0 Å². The first-order valence-corrected chi connectivity index (χ1v) is 3.89. The summed E-state index contributed by atoms with van der Waals surface area (Å²) in [4.78, 5) is 4.94. The molecule has 13 heavy (non-hydrogen) atoms. The molecule has 0 spiro atoms. The molecule has 3 nitrogen and oxygen atoms in total. The van der Waals surface area contributed by atoms with Gasteiger partial charge in [-0.2, -0.15) is 0 Å². The van der Waals surface area contributed by atoms with Crippen molar-refractivity contribution in [3.63, 3.8) is 0 Å². The highest BCUT2D eigenvalue weighted by Crippen LogP contribution is 2.25. The lowest BCUT2D eigenvalue weighted by molar-refractivity contribution is 0.185. The normalized spacial score (nSPS) is 10.2. The number of hydrogen-bond acceptors (Lipinski definition) is 3. The van der Waals surface area contributed by atoms with Crippen molar-refractivity contribution in [1.29, 1.82) is 0 Å². The lowest BCUT2D eigenvalue weighted by atomic mass is 10.2. The highest BCUT2D eigenvalue weighted by Gasteiger charge is 2.08. The third-order valence-electron chi connectivity index (χ3n) is 1.92. The van der Waals surface area contributed by atoms with E-state index in [4.69, 9.17) is 10.6 Å². The fourth-order valence-electron chi connectivity index (χ4n) is 1.05. The summed E-state index contributed by atoms with van der Waals surface area (Å²) in [6.45, 7) is 1.68. The number of rotatable bonds is 2. The van der Waals surface area contributed by atoms with E-state index in [0.29, 0.717) is 16.9 Å². The molecule has 0 saturated heterocycles. The van der Waals surface area contributed by atoms with Gasteiger partial charge in [-0.05, 0) is 24.6 Å². The summed E-state index contributed by atoms with van der Waals surface area (Å²) in [5, 5.41) is 1.49. The molecule has 0 amide bonds. The van der Waals surface area contributed by atoms with Crippen LogP contribution in [-0.2, 0) is 4.84 Å². The first-order chi connectivity index (χ1) is 6.06. The number of anilines is 2. The van der Waals surface area contributed by atoms with E-state index in [-0.39, 0.29) is 5.82 Å². The minimum absolute atomic E-state index is 0.300. The third-order valence-corrected chi connectivity index (χ3v) is 1.92. The fourth-order valence-corrected chi connectivity index (χ4v) is 1.05. The maximum atomic E-state index is 13.0. The van der Waals surface area contributed by atoms with Gasteiger partial charge in [-0.3, -0.25) is 9.90 Å². The van der Waals surface area contributed by atoms with E-state index < -0.39 is 0 Å². The molecule has 0 fully saturated rings. The Hall–Kier alpha value is -1.29. The average Bonchev–Trinajstić information content (AvgIpc) is 2.10. The first-order valence-electron chi connectivity index (χ1n) is 3.89.